The molecule has 0 aliphatic heterocycles. The van der Waals surface area contributed by atoms with Gasteiger partial charge in [-0.2, -0.15) is 5.10 Å². The van der Waals surface area contributed by atoms with E-state index in [4.69, 9.17) is 0 Å². The van der Waals surface area contributed by atoms with Crippen molar-refractivity contribution in [3.05, 3.63) is 75.4 Å². The lowest BCUT2D eigenvalue weighted by Crippen LogP contribution is -2.19. The smallest absolute Gasteiger partial charge is 0.244 e. The number of aromatic hydroxyl groups is 1. The number of halogens is 1. The summed E-state index contributed by atoms with van der Waals surface area (Å²) in [5.41, 5.74) is 4.03. The number of carbonyl (C=O) groups is 1. The van der Waals surface area contributed by atoms with E-state index in [-0.39, 0.29) is 18.1 Å². The first kappa shape index (κ1) is 16.4. The fourth-order valence-electron chi connectivity index (χ4n) is 2.46. The number of hydrazone groups is 1. The minimum absolute atomic E-state index is 0.127. The summed E-state index contributed by atoms with van der Waals surface area (Å²) in [6.07, 6.45) is 1.69. The van der Waals surface area contributed by atoms with Crippen LogP contribution in [0.25, 0.3) is 10.8 Å². The Morgan fingerprint density at radius 1 is 1.12 bits per heavy atom. The number of carbonyl (C=O) groups excluding carboxylic acids is 1. The molecule has 5 heteroatoms. The Morgan fingerprint density at radius 2 is 1.92 bits per heavy atom. The third-order valence-corrected chi connectivity index (χ3v) is 4.28. The van der Waals surface area contributed by atoms with Gasteiger partial charge >= 0.3 is 0 Å². The first-order valence-corrected chi connectivity index (χ1v) is 8.48. The number of fused-ring (bicyclic) bond motifs is 1. The monoisotopic (exact) mass is 430 g/mol. The number of nitrogens with zero attached hydrogens (tertiary/aromatic N) is 1. The molecule has 0 heterocycles. The van der Waals surface area contributed by atoms with Gasteiger partial charge in [0.25, 0.3) is 0 Å². The zero-order chi connectivity index (χ0) is 16.9. The molecule has 0 atom stereocenters. The predicted molar refractivity (Wildman–Crippen MR) is 104 cm³/mol. The summed E-state index contributed by atoms with van der Waals surface area (Å²) in [7, 11) is 0. The number of rotatable bonds is 4. The van der Waals surface area contributed by atoms with E-state index in [0.717, 1.165) is 19.9 Å². The fourth-order valence-corrected chi connectivity index (χ4v) is 2.98. The highest BCUT2D eigenvalue weighted by Crippen LogP contribution is 2.19. The number of hydrogen-bond acceptors (Lipinski definition) is 3. The zero-order valence-corrected chi connectivity index (χ0v) is 14.9. The van der Waals surface area contributed by atoms with Gasteiger partial charge < -0.3 is 5.11 Å². The van der Waals surface area contributed by atoms with Crippen LogP contribution < -0.4 is 5.43 Å². The maximum absolute atomic E-state index is 12.1. The van der Waals surface area contributed by atoms with Crippen LogP contribution in [-0.2, 0) is 11.2 Å². The molecule has 0 spiro atoms. The molecule has 0 aliphatic rings. The molecule has 4 nitrogen and oxygen atoms in total. The molecule has 24 heavy (non-hydrogen) atoms. The number of amides is 1. The highest BCUT2D eigenvalue weighted by atomic mass is 127. The van der Waals surface area contributed by atoms with Crippen molar-refractivity contribution in [1.29, 1.82) is 0 Å². The minimum Gasteiger partial charge on any atom is -0.507 e. The van der Waals surface area contributed by atoms with Crippen LogP contribution in [0.2, 0.25) is 0 Å². The van der Waals surface area contributed by atoms with Gasteiger partial charge in [0.05, 0.1) is 12.6 Å². The molecule has 3 aromatic carbocycles. The molecule has 3 aromatic rings. The lowest BCUT2D eigenvalue weighted by molar-refractivity contribution is -0.120. The Balaban J connectivity index is 1.69. The van der Waals surface area contributed by atoms with Gasteiger partial charge in [-0.3, -0.25) is 4.79 Å². The van der Waals surface area contributed by atoms with E-state index in [1.807, 2.05) is 42.5 Å². The topological polar surface area (TPSA) is 61.7 Å². The van der Waals surface area contributed by atoms with Crippen LogP contribution in [0, 0.1) is 3.57 Å². The quantitative estimate of drug-likeness (QED) is 0.376. The first-order chi connectivity index (χ1) is 11.6. The van der Waals surface area contributed by atoms with Crippen LogP contribution in [0.5, 0.6) is 5.75 Å². The van der Waals surface area contributed by atoms with Crippen molar-refractivity contribution in [2.24, 2.45) is 5.10 Å². The van der Waals surface area contributed by atoms with Gasteiger partial charge in [-0.15, -0.1) is 0 Å². The molecule has 0 aliphatic carbocycles. The largest absolute Gasteiger partial charge is 0.507 e. The van der Waals surface area contributed by atoms with Crippen molar-refractivity contribution in [1.82, 2.24) is 5.43 Å². The van der Waals surface area contributed by atoms with E-state index in [9.17, 15) is 9.90 Å². The van der Waals surface area contributed by atoms with E-state index in [0.29, 0.717) is 5.56 Å². The number of hydrogen-bond donors (Lipinski definition) is 2. The molecule has 0 saturated heterocycles. The maximum atomic E-state index is 12.1. The van der Waals surface area contributed by atoms with Gasteiger partial charge in [0.2, 0.25) is 5.91 Å². The normalized spacial score (nSPS) is 11.0. The second-order valence-corrected chi connectivity index (χ2v) is 6.56. The molecule has 0 fully saturated rings. The minimum atomic E-state index is -0.201. The standard InChI is InChI=1S/C19H15IN2O2/c20-16-8-9-18(23)15(10-16)12-21-22-19(24)11-14-6-3-5-13-4-1-2-7-17(13)14/h1-10,12,23H,11H2,(H,22,24)/b21-12-. The third kappa shape index (κ3) is 3.91. The second kappa shape index (κ2) is 7.44. The average molecular weight is 430 g/mol. The molecule has 1 amide bonds. The Kier molecular flexibility index (Phi) is 5.10. The Labute approximate surface area is 153 Å². The van der Waals surface area contributed by atoms with Crippen molar-refractivity contribution < 1.29 is 9.90 Å². The average Bonchev–Trinajstić information content (AvgIpc) is 2.58. The molecule has 0 unspecified atom stereocenters. The molecule has 2 N–H and O–H groups in total. The lowest BCUT2D eigenvalue weighted by atomic mass is 10.0. The molecule has 0 radical (unpaired) electrons. The van der Waals surface area contributed by atoms with Gasteiger partial charge in [-0.05, 0) is 57.1 Å². The van der Waals surface area contributed by atoms with Crippen molar-refractivity contribution in [2.75, 3.05) is 0 Å². The van der Waals surface area contributed by atoms with E-state index >= 15 is 0 Å². The van der Waals surface area contributed by atoms with Gasteiger partial charge in [0, 0.05) is 9.13 Å². The fraction of sp³-hybridized carbons (Fsp3) is 0.0526. The Morgan fingerprint density at radius 3 is 2.79 bits per heavy atom. The Bertz CT molecular complexity index is 917. The Hall–Kier alpha value is -2.41. The number of benzene rings is 3. The van der Waals surface area contributed by atoms with Crippen LogP contribution >= 0.6 is 22.6 Å². The summed E-state index contributed by atoms with van der Waals surface area (Å²) in [4.78, 5) is 12.1. The summed E-state index contributed by atoms with van der Waals surface area (Å²) in [5.74, 6) is -0.0739. The molecule has 3 rings (SSSR count). The molecule has 0 bridgehead atoms. The highest BCUT2D eigenvalue weighted by molar-refractivity contribution is 14.1. The molecule has 0 aromatic heterocycles. The van der Waals surface area contributed by atoms with Crippen LogP contribution in [0.3, 0.4) is 0 Å². The number of phenolic OH excluding ortho intramolecular Hbond substituents is 1. The SMILES string of the molecule is O=C(Cc1cccc2ccccc12)N/N=C\c1cc(I)ccc1O. The summed E-state index contributed by atoms with van der Waals surface area (Å²) < 4.78 is 0.980. The van der Waals surface area contributed by atoms with Crippen molar-refractivity contribution in [3.63, 3.8) is 0 Å². The van der Waals surface area contributed by atoms with Gasteiger partial charge in [-0.25, -0.2) is 5.43 Å². The van der Waals surface area contributed by atoms with Crippen molar-refractivity contribution >= 4 is 45.5 Å². The van der Waals surface area contributed by atoms with Gasteiger partial charge in [-0.1, -0.05) is 42.5 Å². The first-order valence-electron chi connectivity index (χ1n) is 7.40. The molecular formula is C19H15IN2O2. The van der Waals surface area contributed by atoms with E-state index < -0.39 is 0 Å². The van der Waals surface area contributed by atoms with Crippen LogP contribution in [-0.4, -0.2) is 17.2 Å². The highest BCUT2D eigenvalue weighted by Gasteiger charge is 2.06. The number of phenols is 1. The van der Waals surface area contributed by atoms with Gasteiger partial charge in [0.1, 0.15) is 5.75 Å². The zero-order valence-electron chi connectivity index (χ0n) is 12.7. The summed E-state index contributed by atoms with van der Waals surface area (Å²) >= 11 is 2.15. The van der Waals surface area contributed by atoms with E-state index in [1.165, 1.54) is 6.21 Å². The molecule has 0 saturated carbocycles. The molecule has 120 valence electrons. The lowest BCUT2D eigenvalue weighted by Gasteiger charge is -2.05. The maximum Gasteiger partial charge on any atom is 0.244 e. The molecular weight excluding hydrogens is 415 g/mol. The third-order valence-electron chi connectivity index (χ3n) is 3.61. The number of nitrogens with one attached hydrogen (secondary N) is 1. The summed E-state index contributed by atoms with van der Waals surface area (Å²) in [6.45, 7) is 0. The van der Waals surface area contributed by atoms with Crippen molar-refractivity contribution in [3.8, 4) is 5.75 Å². The predicted octanol–water partition coefficient (Wildman–Crippen LogP) is 3.84. The van der Waals surface area contributed by atoms with Crippen molar-refractivity contribution in [2.45, 2.75) is 6.42 Å². The summed E-state index contributed by atoms with van der Waals surface area (Å²) in [6, 6.07) is 19.1. The summed E-state index contributed by atoms with van der Waals surface area (Å²) in [5, 5.41) is 15.8. The van der Waals surface area contributed by atoms with Crippen LogP contribution in [0.4, 0.5) is 0 Å². The second-order valence-electron chi connectivity index (χ2n) is 5.31. The van der Waals surface area contributed by atoms with Crippen LogP contribution in [0.1, 0.15) is 11.1 Å². The van der Waals surface area contributed by atoms with E-state index in [1.54, 1.807) is 18.2 Å². The van der Waals surface area contributed by atoms with Gasteiger partial charge in [0.15, 0.2) is 0 Å². The van der Waals surface area contributed by atoms with E-state index in [2.05, 4.69) is 33.1 Å². The van der Waals surface area contributed by atoms with Crippen LogP contribution in [0.15, 0.2) is 65.8 Å².